The Morgan fingerprint density at radius 2 is 0.837 bits per heavy atom. The van der Waals surface area contributed by atoms with Gasteiger partial charge in [-0.15, -0.1) is 0 Å². The van der Waals surface area contributed by atoms with Crippen LogP contribution >= 0.6 is 0 Å². The van der Waals surface area contributed by atoms with Gasteiger partial charge >= 0.3 is 0 Å². The van der Waals surface area contributed by atoms with Crippen LogP contribution in [0.3, 0.4) is 0 Å². The molecule has 2 aromatic rings. The minimum Gasteiger partial charge on any atom is -0.493 e. The fraction of sp³-hybridized carbons (Fsp3) is 0.579. The maximum atomic E-state index is 12.0. The van der Waals surface area contributed by atoms with E-state index in [2.05, 4.69) is 77.9 Å². The molecule has 2 N–H and O–H groups in total. The first-order valence-corrected chi connectivity index (χ1v) is 16.8. The van der Waals surface area contributed by atoms with E-state index in [9.17, 15) is 5.53 Å². The molecule has 5 heteroatoms. The molecule has 1 aliphatic rings. The van der Waals surface area contributed by atoms with Crippen molar-refractivity contribution < 1.29 is 31.4 Å². The normalized spacial score (nSPS) is 12.5. The standard InChI is InChI=1S/C34H48N2.2C2H6O.Ni/c1-7-13-15-16-18-32-31(17-14-8-2)33(29-21-25(9-3)19-26(10-4)22-29)36(35)34(32)30-23-27(11-5)20-28(12-6)24-30;2*1-2-3;/h19-24H,7-18H2,1-6H3;2*3H,2H2,1H3;. The van der Waals surface area contributed by atoms with Crippen LogP contribution in [0, 0.1) is 0 Å². The molecule has 3 rings (SSSR count). The Balaban J connectivity index is 0.00000232. The summed E-state index contributed by atoms with van der Waals surface area (Å²) < 4.78 is 1.57. The largest absolute Gasteiger partial charge is 0.493 e. The maximum absolute atomic E-state index is 12.0. The van der Waals surface area contributed by atoms with Gasteiger partial charge in [0.05, 0.1) is 0 Å². The third-order valence-corrected chi connectivity index (χ3v) is 7.71. The van der Waals surface area contributed by atoms with Crippen molar-refractivity contribution in [3.8, 4) is 0 Å². The second-order valence-corrected chi connectivity index (χ2v) is 11.0. The number of benzene rings is 2. The van der Waals surface area contributed by atoms with E-state index in [0.29, 0.717) is 0 Å². The van der Waals surface area contributed by atoms with Crippen LogP contribution in [0.5, 0.6) is 0 Å². The maximum Gasteiger partial charge on any atom is 0.211 e. The second kappa shape index (κ2) is 23.3. The van der Waals surface area contributed by atoms with Gasteiger partial charge in [-0.1, -0.05) is 79.4 Å². The molecule has 0 saturated carbocycles. The number of unbranched alkanes of at least 4 members (excludes halogenated alkanes) is 4. The van der Waals surface area contributed by atoms with Crippen molar-refractivity contribution in [3.63, 3.8) is 0 Å². The smallest absolute Gasteiger partial charge is 0.211 e. The van der Waals surface area contributed by atoms with Gasteiger partial charge in [-0.2, -0.15) is 0 Å². The number of allylic oxidation sites excluding steroid dienone is 2. The summed E-state index contributed by atoms with van der Waals surface area (Å²) in [4.78, 5) is 0. The van der Waals surface area contributed by atoms with Crippen LogP contribution in [0.4, 0.5) is 0 Å². The van der Waals surface area contributed by atoms with Crippen LogP contribution in [-0.2, 0) is 42.2 Å². The number of hydrogen-bond acceptors (Lipinski definition) is 2. The van der Waals surface area contributed by atoms with E-state index in [4.69, 9.17) is 10.2 Å². The molecule has 0 radical (unpaired) electrons. The number of aliphatic hydroxyl groups is 2. The monoisotopic (exact) mass is 634 g/mol. The number of rotatable bonds is 14. The predicted octanol–water partition coefficient (Wildman–Crippen LogP) is 10.3. The van der Waals surface area contributed by atoms with Gasteiger partial charge in [0.15, 0.2) is 0 Å². The summed E-state index contributed by atoms with van der Waals surface area (Å²) in [5.74, 6) is 0. The molecule has 0 bridgehead atoms. The number of nitrogens with zero attached hydrogens (tertiary/aromatic N) is 2. The number of hydrogen-bond donors (Lipinski definition) is 2. The average Bonchev–Trinajstić information content (AvgIpc) is 3.28. The molecule has 1 aliphatic heterocycles. The summed E-state index contributed by atoms with van der Waals surface area (Å²) in [6.45, 7) is 17.3. The Morgan fingerprint density at radius 3 is 1.14 bits per heavy atom. The van der Waals surface area contributed by atoms with E-state index in [1.54, 1.807) is 18.5 Å². The van der Waals surface area contributed by atoms with Crippen LogP contribution in [-0.4, -0.2) is 28.1 Å². The van der Waals surface area contributed by atoms with E-state index >= 15 is 0 Å². The van der Waals surface area contributed by atoms with Crippen molar-refractivity contribution in [1.82, 2.24) is 0 Å². The molecule has 0 aliphatic carbocycles. The summed E-state index contributed by atoms with van der Waals surface area (Å²) in [5, 5.41) is 15.1. The molecule has 0 amide bonds. The van der Waals surface area contributed by atoms with Crippen molar-refractivity contribution in [1.29, 1.82) is 0 Å². The first kappa shape index (κ1) is 40.9. The number of aryl methyl sites for hydroxylation is 4. The summed E-state index contributed by atoms with van der Waals surface area (Å²) in [7, 11) is 0. The van der Waals surface area contributed by atoms with Crippen molar-refractivity contribution in [2.75, 3.05) is 13.2 Å². The van der Waals surface area contributed by atoms with Crippen molar-refractivity contribution >= 4 is 11.4 Å². The van der Waals surface area contributed by atoms with E-state index < -0.39 is 0 Å². The minimum absolute atomic E-state index is 0. The van der Waals surface area contributed by atoms with Gasteiger partial charge in [0.1, 0.15) is 0 Å². The molecule has 0 unspecified atom stereocenters. The molecule has 0 aromatic heterocycles. The Morgan fingerprint density at radius 1 is 0.512 bits per heavy atom. The second-order valence-electron chi connectivity index (χ2n) is 11.0. The van der Waals surface area contributed by atoms with E-state index in [1.165, 1.54) is 70.2 Å². The summed E-state index contributed by atoms with van der Waals surface area (Å²) in [5.41, 5.74) is 24.5. The van der Waals surface area contributed by atoms with E-state index in [0.717, 1.165) is 62.8 Å². The van der Waals surface area contributed by atoms with Gasteiger partial charge in [-0.05, 0) is 112 Å². The van der Waals surface area contributed by atoms with Crippen molar-refractivity contribution in [2.45, 2.75) is 132 Å². The molecule has 0 saturated heterocycles. The van der Waals surface area contributed by atoms with Crippen molar-refractivity contribution in [3.05, 3.63) is 86.5 Å². The Bertz CT molecular complexity index is 1120. The fourth-order valence-corrected chi connectivity index (χ4v) is 5.48. The van der Waals surface area contributed by atoms with Crippen LogP contribution < -0.4 is 0 Å². The van der Waals surface area contributed by atoms with Gasteiger partial charge in [-0.25, -0.2) is 4.70 Å². The van der Waals surface area contributed by atoms with Crippen LogP contribution in [0.15, 0.2) is 47.5 Å². The SMILES string of the molecule is CCCCCCC1=C(c2cc(CC)cc(CC)c2)[N+](=[N-])C(c2cc(CC)cc(CC)c2)=C1CCCC.CCO.CCO.[Ni]. The summed E-state index contributed by atoms with van der Waals surface area (Å²) >= 11 is 0. The van der Waals surface area contributed by atoms with Crippen LogP contribution in [0.25, 0.3) is 16.9 Å². The van der Waals surface area contributed by atoms with E-state index in [1.807, 2.05) is 0 Å². The molecule has 0 atom stereocenters. The first-order chi connectivity index (χ1) is 20.3. The van der Waals surface area contributed by atoms with Gasteiger partial charge in [0, 0.05) is 52.0 Å². The third kappa shape index (κ3) is 12.5. The Kier molecular flexibility index (Phi) is 22.2. The zero-order chi connectivity index (χ0) is 31.5. The van der Waals surface area contributed by atoms with Crippen molar-refractivity contribution in [2.24, 2.45) is 0 Å². The average molecular weight is 636 g/mol. The molecule has 2 aromatic carbocycles. The van der Waals surface area contributed by atoms with Gasteiger partial charge < -0.3 is 15.7 Å². The Labute approximate surface area is 274 Å². The molecular weight excluding hydrogens is 575 g/mol. The topological polar surface area (TPSA) is 65.8 Å². The molecule has 0 fully saturated rings. The first-order valence-electron chi connectivity index (χ1n) is 16.8. The molecule has 4 nitrogen and oxygen atoms in total. The molecule has 43 heavy (non-hydrogen) atoms. The zero-order valence-corrected chi connectivity index (χ0v) is 29.5. The fourth-order valence-electron chi connectivity index (χ4n) is 5.48. The predicted molar refractivity (Wildman–Crippen MR) is 182 cm³/mol. The Hall–Kier alpha value is -2.07. The third-order valence-electron chi connectivity index (χ3n) is 7.71. The number of aliphatic hydroxyl groups excluding tert-OH is 2. The summed E-state index contributed by atoms with van der Waals surface area (Å²) in [6, 6.07) is 13.9. The zero-order valence-electron chi connectivity index (χ0n) is 28.5. The quantitative estimate of drug-likeness (QED) is 0.123. The van der Waals surface area contributed by atoms with Gasteiger partial charge in [0.2, 0.25) is 11.4 Å². The van der Waals surface area contributed by atoms with Gasteiger partial charge in [-0.3, -0.25) is 0 Å². The molecule has 0 spiro atoms. The molecule has 244 valence electrons. The van der Waals surface area contributed by atoms with Crippen LogP contribution in [0.2, 0.25) is 0 Å². The summed E-state index contributed by atoms with van der Waals surface area (Å²) in [6.07, 6.45) is 13.3. The van der Waals surface area contributed by atoms with Gasteiger partial charge in [0.25, 0.3) is 0 Å². The molecular formula is C38H60N2NiO2. The molecule has 1 heterocycles. The van der Waals surface area contributed by atoms with E-state index in [-0.39, 0.29) is 29.7 Å². The van der Waals surface area contributed by atoms with Crippen LogP contribution in [0.1, 0.15) is 140 Å². The minimum atomic E-state index is 0.